The van der Waals surface area contributed by atoms with Crippen molar-refractivity contribution in [1.82, 2.24) is 0 Å². The first kappa shape index (κ1) is 11.6. The molecular weight excluding hydrogens is 240 g/mol. The molecule has 1 fully saturated rings. The van der Waals surface area contributed by atoms with Gasteiger partial charge in [-0.05, 0) is 30.4 Å². The average Bonchev–Trinajstić information content (AvgIpc) is 2.81. The monoisotopic (exact) mass is 252 g/mol. The number of hydrogen-bond donors (Lipinski definition) is 0. The molecular formula is C12H13ClN2S. The van der Waals surface area contributed by atoms with E-state index >= 15 is 0 Å². The topological polar surface area (TPSA) is 27.0 Å². The summed E-state index contributed by atoms with van der Waals surface area (Å²) in [5, 5.41) is 9.44. The van der Waals surface area contributed by atoms with Crippen LogP contribution in [0.25, 0.3) is 0 Å². The Hall–Kier alpha value is -0.850. The predicted octanol–water partition coefficient (Wildman–Crippen LogP) is 3.15. The summed E-state index contributed by atoms with van der Waals surface area (Å²) in [5.41, 5.74) is 1.64. The lowest BCUT2D eigenvalue weighted by Gasteiger charge is -2.26. The molecule has 1 unspecified atom stereocenters. The molecule has 0 aliphatic carbocycles. The van der Waals surface area contributed by atoms with Crippen molar-refractivity contribution in [2.45, 2.75) is 12.5 Å². The van der Waals surface area contributed by atoms with Gasteiger partial charge in [0, 0.05) is 18.8 Å². The Morgan fingerprint density at radius 1 is 1.56 bits per heavy atom. The molecule has 84 valence electrons. The van der Waals surface area contributed by atoms with E-state index in [9.17, 15) is 0 Å². The van der Waals surface area contributed by atoms with Crippen LogP contribution >= 0.6 is 23.4 Å². The number of rotatable bonds is 2. The second-order valence-electron chi connectivity index (χ2n) is 3.91. The van der Waals surface area contributed by atoms with Crippen LogP contribution in [0, 0.1) is 11.3 Å². The van der Waals surface area contributed by atoms with Crippen molar-refractivity contribution in [3.8, 4) is 6.07 Å². The maximum absolute atomic E-state index is 8.78. The van der Waals surface area contributed by atoms with Crippen LogP contribution in [0.3, 0.4) is 0 Å². The summed E-state index contributed by atoms with van der Waals surface area (Å²) in [6.07, 6.45) is 1.21. The van der Waals surface area contributed by atoms with Gasteiger partial charge in [-0.1, -0.05) is 11.6 Å². The number of nitrogens with zero attached hydrogens (tertiary/aromatic N) is 2. The summed E-state index contributed by atoms with van der Waals surface area (Å²) in [5.74, 6) is 2.38. The van der Waals surface area contributed by atoms with Gasteiger partial charge in [0.25, 0.3) is 0 Å². The minimum atomic E-state index is 0.565. The fourth-order valence-electron chi connectivity index (χ4n) is 1.89. The van der Waals surface area contributed by atoms with Crippen molar-refractivity contribution in [2.75, 3.05) is 23.5 Å². The summed E-state index contributed by atoms with van der Waals surface area (Å²) >= 11 is 8.16. The normalized spacial score (nSPS) is 19.4. The smallest absolute Gasteiger partial charge is 0.0992 e. The molecule has 1 aliphatic rings. The van der Waals surface area contributed by atoms with Gasteiger partial charge in [0.15, 0.2) is 0 Å². The second kappa shape index (κ2) is 4.99. The average molecular weight is 253 g/mol. The van der Waals surface area contributed by atoms with E-state index in [1.54, 1.807) is 6.07 Å². The quantitative estimate of drug-likeness (QED) is 0.809. The number of benzene rings is 1. The molecule has 1 heterocycles. The number of anilines is 1. The third-order valence-corrected chi connectivity index (χ3v) is 4.36. The van der Waals surface area contributed by atoms with E-state index in [0.29, 0.717) is 16.6 Å². The van der Waals surface area contributed by atoms with Crippen LogP contribution in [0.1, 0.15) is 12.0 Å². The molecule has 0 bridgehead atoms. The zero-order valence-electron chi connectivity index (χ0n) is 9.11. The molecule has 4 heteroatoms. The molecule has 16 heavy (non-hydrogen) atoms. The highest BCUT2D eigenvalue weighted by molar-refractivity contribution is 7.99. The van der Waals surface area contributed by atoms with Gasteiger partial charge in [0.1, 0.15) is 0 Å². The molecule has 0 N–H and O–H groups in total. The summed E-state index contributed by atoms with van der Waals surface area (Å²) in [7, 11) is 2.07. The Bertz CT molecular complexity index is 422. The van der Waals surface area contributed by atoms with Crippen LogP contribution in [0.15, 0.2) is 18.2 Å². The Kier molecular flexibility index (Phi) is 3.63. The maximum Gasteiger partial charge on any atom is 0.0992 e. The Balaban J connectivity index is 2.23. The van der Waals surface area contributed by atoms with Crippen molar-refractivity contribution >= 4 is 29.1 Å². The standard InChI is InChI=1S/C12H13ClN2S/c1-15(10-4-5-16-8-10)12-3-2-9(7-14)6-11(12)13/h2-3,6,10H,4-5,8H2,1H3. The fraction of sp³-hybridized carbons (Fsp3) is 0.417. The van der Waals surface area contributed by atoms with E-state index in [1.807, 2.05) is 23.9 Å². The lowest BCUT2D eigenvalue weighted by molar-refractivity contribution is 0.700. The number of halogens is 1. The predicted molar refractivity (Wildman–Crippen MR) is 70.3 cm³/mol. The third kappa shape index (κ3) is 2.28. The van der Waals surface area contributed by atoms with Crippen LogP contribution in [0.2, 0.25) is 5.02 Å². The first-order valence-electron chi connectivity index (χ1n) is 5.22. The van der Waals surface area contributed by atoms with Gasteiger partial charge in [0.2, 0.25) is 0 Å². The van der Waals surface area contributed by atoms with Gasteiger partial charge in [-0.15, -0.1) is 0 Å². The Morgan fingerprint density at radius 3 is 2.94 bits per heavy atom. The largest absolute Gasteiger partial charge is 0.370 e. The molecule has 0 spiro atoms. The van der Waals surface area contributed by atoms with Crippen LogP contribution < -0.4 is 4.90 Å². The van der Waals surface area contributed by atoms with Gasteiger partial charge in [0.05, 0.1) is 22.3 Å². The number of hydrogen-bond acceptors (Lipinski definition) is 3. The zero-order valence-corrected chi connectivity index (χ0v) is 10.7. The molecule has 2 rings (SSSR count). The van der Waals surface area contributed by atoms with E-state index in [4.69, 9.17) is 16.9 Å². The maximum atomic E-state index is 8.78. The first-order valence-corrected chi connectivity index (χ1v) is 6.76. The SMILES string of the molecule is CN(c1ccc(C#N)cc1Cl)C1CCSC1. The molecule has 1 aromatic rings. The van der Waals surface area contributed by atoms with Crippen LogP contribution in [-0.2, 0) is 0 Å². The lowest BCUT2D eigenvalue weighted by Crippen LogP contribution is -2.31. The molecule has 2 nitrogen and oxygen atoms in total. The minimum absolute atomic E-state index is 0.565. The van der Waals surface area contributed by atoms with Gasteiger partial charge in [-0.25, -0.2) is 0 Å². The van der Waals surface area contributed by atoms with Gasteiger partial charge in [-0.3, -0.25) is 0 Å². The summed E-state index contributed by atoms with van der Waals surface area (Å²) in [6.45, 7) is 0. The van der Waals surface area contributed by atoms with Crippen LogP contribution in [-0.4, -0.2) is 24.6 Å². The second-order valence-corrected chi connectivity index (χ2v) is 5.46. The molecule has 1 atom stereocenters. The van der Waals surface area contributed by atoms with E-state index in [2.05, 4.69) is 18.0 Å². The Labute approximate surface area is 105 Å². The summed E-state index contributed by atoms with van der Waals surface area (Å²) in [4.78, 5) is 2.23. The van der Waals surface area contributed by atoms with Gasteiger partial charge in [-0.2, -0.15) is 17.0 Å². The first-order chi connectivity index (χ1) is 7.72. The van der Waals surface area contributed by atoms with Crippen molar-refractivity contribution < 1.29 is 0 Å². The summed E-state index contributed by atoms with van der Waals surface area (Å²) in [6, 6.07) is 8.15. The number of nitriles is 1. The molecule has 1 aromatic carbocycles. The molecule has 0 aromatic heterocycles. The van der Waals surface area contributed by atoms with E-state index in [0.717, 1.165) is 11.4 Å². The zero-order chi connectivity index (χ0) is 11.5. The van der Waals surface area contributed by atoms with Crippen molar-refractivity contribution in [3.63, 3.8) is 0 Å². The molecule has 0 saturated carbocycles. The summed E-state index contributed by atoms with van der Waals surface area (Å²) < 4.78 is 0. The third-order valence-electron chi connectivity index (χ3n) is 2.91. The number of thioether (sulfide) groups is 1. The van der Waals surface area contributed by atoms with Crippen molar-refractivity contribution in [3.05, 3.63) is 28.8 Å². The van der Waals surface area contributed by atoms with Crippen LogP contribution in [0.4, 0.5) is 5.69 Å². The van der Waals surface area contributed by atoms with E-state index in [1.165, 1.54) is 12.2 Å². The fourth-order valence-corrected chi connectivity index (χ4v) is 3.47. The molecule has 0 amide bonds. The van der Waals surface area contributed by atoms with E-state index in [-0.39, 0.29) is 0 Å². The highest BCUT2D eigenvalue weighted by atomic mass is 35.5. The highest BCUT2D eigenvalue weighted by Gasteiger charge is 2.21. The van der Waals surface area contributed by atoms with Crippen molar-refractivity contribution in [2.24, 2.45) is 0 Å². The molecule has 1 aliphatic heterocycles. The highest BCUT2D eigenvalue weighted by Crippen LogP contribution is 2.31. The van der Waals surface area contributed by atoms with Gasteiger partial charge < -0.3 is 4.90 Å². The van der Waals surface area contributed by atoms with E-state index < -0.39 is 0 Å². The van der Waals surface area contributed by atoms with Crippen molar-refractivity contribution in [1.29, 1.82) is 5.26 Å². The molecule has 0 radical (unpaired) electrons. The van der Waals surface area contributed by atoms with Gasteiger partial charge >= 0.3 is 0 Å². The van der Waals surface area contributed by atoms with Crippen LogP contribution in [0.5, 0.6) is 0 Å². The molecule has 1 saturated heterocycles. The Morgan fingerprint density at radius 2 is 2.38 bits per heavy atom. The minimum Gasteiger partial charge on any atom is -0.370 e. The lowest BCUT2D eigenvalue weighted by atomic mass is 10.1.